The van der Waals surface area contributed by atoms with Gasteiger partial charge in [0.1, 0.15) is 0 Å². The number of hydrogen-bond donors (Lipinski definition) is 0. The lowest BCUT2D eigenvalue weighted by Gasteiger charge is -2.27. The maximum atomic E-state index is 11.4. The molecule has 1 aliphatic heterocycles. The molecule has 1 aliphatic rings. The molecule has 0 aliphatic carbocycles. The van der Waals surface area contributed by atoms with Crippen molar-refractivity contribution in [1.82, 2.24) is 4.90 Å². The van der Waals surface area contributed by atoms with E-state index in [1.165, 1.54) is 0 Å². The minimum atomic E-state index is -2.86. The highest BCUT2D eigenvalue weighted by atomic mass is 32.2. The molecule has 1 saturated heterocycles. The van der Waals surface area contributed by atoms with Crippen molar-refractivity contribution in [3.63, 3.8) is 0 Å². The molecule has 0 unspecified atom stereocenters. The second-order valence-corrected chi connectivity index (χ2v) is 7.27. The van der Waals surface area contributed by atoms with E-state index < -0.39 is 9.84 Å². The predicted octanol–water partition coefficient (Wildman–Crippen LogP) is 0.943. The van der Waals surface area contributed by atoms with E-state index in [1.54, 1.807) is 21.3 Å². The van der Waals surface area contributed by atoms with Crippen molar-refractivity contribution in [3.05, 3.63) is 17.7 Å². The predicted molar refractivity (Wildman–Crippen MR) is 80.0 cm³/mol. The Kier molecular flexibility index (Phi) is 4.95. The largest absolute Gasteiger partial charge is 0.493 e. The number of sulfone groups is 1. The van der Waals surface area contributed by atoms with Crippen LogP contribution in [0.15, 0.2) is 12.1 Å². The van der Waals surface area contributed by atoms with E-state index in [9.17, 15) is 8.42 Å². The quantitative estimate of drug-likeness (QED) is 0.806. The third kappa shape index (κ3) is 3.79. The van der Waals surface area contributed by atoms with Gasteiger partial charge in [-0.25, -0.2) is 8.42 Å². The zero-order chi connectivity index (χ0) is 15.5. The molecule has 0 saturated carbocycles. The molecule has 6 nitrogen and oxygen atoms in total. The molecule has 0 bridgehead atoms. The summed E-state index contributed by atoms with van der Waals surface area (Å²) >= 11 is 0. The third-order valence-electron chi connectivity index (χ3n) is 3.57. The van der Waals surface area contributed by atoms with Crippen LogP contribution < -0.4 is 14.2 Å². The fourth-order valence-corrected chi connectivity index (χ4v) is 3.67. The lowest BCUT2D eigenvalue weighted by molar-refractivity contribution is 0.284. The van der Waals surface area contributed by atoms with Gasteiger partial charge in [0.2, 0.25) is 5.75 Å². The number of nitrogens with zero attached hydrogens (tertiary/aromatic N) is 1. The standard InChI is InChI=1S/C14H21NO5S/c1-18-12-8-11(9-13(19-2)14(12)20-3)10-15-4-6-21(16,17)7-5-15/h8-9H,4-7,10H2,1-3H3. The summed E-state index contributed by atoms with van der Waals surface area (Å²) in [7, 11) is 1.87. The number of ether oxygens (including phenoxy) is 3. The van der Waals surface area contributed by atoms with Crippen LogP contribution in [0, 0.1) is 0 Å². The molecule has 7 heteroatoms. The van der Waals surface area contributed by atoms with E-state index in [0.29, 0.717) is 36.9 Å². The zero-order valence-corrected chi connectivity index (χ0v) is 13.4. The fraction of sp³-hybridized carbons (Fsp3) is 0.571. The summed E-state index contributed by atoms with van der Waals surface area (Å²) in [6.45, 7) is 1.77. The van der Waals surface area contributed by atoms with Gasteiger partial charge in [-0.1, -0.05) is 0 Å². The maximum absolute atomic E-state index is 11.4. The molecular formula is C14H21NO5S. The van der Waals surface area contributed by atoms with Gasteiger partial charge in [-0.2, -0.15) is 0 Å². The van der Waals surface area contributed by atoms with Crippen LogP contribution in [0.1, 0.15) is 5.56 Å². The Morgan fingerprint density at radius 3 is 1.95 bits per heavy atom. The van der Waals surface area contributed by atoms with Crippen LogP contribution in [0.2, 0.25) is 0 Å². The van der Waals surface area contributed by atoms with Crippen molar-refractivity contribution in [1.29, 1.82) is 0 Å². The van der Waals surface area contributed by atoms with Crippen molar-refractivity contribution in [2.75, 3.05) is 45.9 Å². The molecule has 0 amide bonds. The van der Waals surface area contributed by atoms with E-state index in [4.69, 9.17) is 14.2 Å². The zero-order valence-electron chi connectivity index (χ0n) is 12.6. The van der Waals surface area contributed by atoms with Crippen molar-refractivity contribution >= 4 is 9.84 Å². The molecule has 1 fully saturated rings. The smallest absolute Gasteiger partial charge is 0.203 e. The van der Waals surface area contributed by atoms with Gasteiger partial charge >= 0.3 is 0 Å². The van der Waals surface area contributed by atoms with Crippen molar-refractivity contribution in [2.24, 2.45) is 0 Å². The van der Waals surface area contributed by atoms with Crippen molar-refractivity contribution in [3.8, 4) is 17.2 Å². The Hall–Kier alpha value is -1.47. The Morgan fingerprint density at radius 2 is 1.52 bits per heavy atom. The highest BCUT2D eigenvalue weighted by Gasteiger charge is 2.22. The minimum absolute atomic E-state index is 0.220. The lowest BCUT2D eigenvalue weighted by Crippen LogP contribution is -2.39. The van der Waals surface area contributed by atoms with Crippen LogP contribution in [0.3, 0.4) is 0 Å². The van der Waals surface area contributed by atoms with Crippen LogP contribution >= 0.6 is 0 Å². The van der Waals surface area contributed by atoms with Gasteiger partial charge in [0.25, 0.3) is 0 Å². The van der Waals surface area contributed by atoms with E-state index in [0.717, 1.165) is 5.56 Å². The van der Waals surface area contributed by atoms with Gasteiger partial charge in [-0.3, -0.25) is 4.90 Å². The molecule has 1 heterocycles. The summed E-state index contributed by atoms with van der Waals surface area (Å²) in [5, 5.41) is 0. The van der Waals surface area contributed by atoms with Gasteiger partial charge in [0.05, 0.1) is 32.8 Å². The molecule has 0 atom stereocenters. The fourth-order valence-electron chi connectivity index (χ4n) is 2.39. The number of rotatable bonds is 5. The molecule has 0 aromatic heterocycles. The summed E-state index contributed by atoms with van der Waals surface area (Å²) in [5.41, 5.74) is 1.00. The monoisotopic (exact) mass is 315 g/mol. The average Bonchev–Trinajstić information content (AvgIpc) is 2.48. The second-order valence-electron chi connectivity index (χ2n) is 4.96. The molecule has 1 aromatic rings. The van der Waals surface area contributed by atoms with Crippen LogP contribution in [-0.4, -0.2) is 59.2 Å². The molecule has 0 spiro atoms. The van der Waals surface area contributed by atoms with Gasteiger partial charge in [0.15, 0.2) is 21.3 Å². The Morgan fingerprint density at radius 1 is 1.00 bits per heavy atom. The Balaban J connectivity index is 2.17. The van der Waals surface area contributed by atoms with E-state index in [2.05, 4.69) is 4.90 Å². The molecule has 0 N–H and O–H groups in total. The SMILES string of the molecule is COc1cc(CN2CCS(=O)(=O)CC2)cc(OC)c1OC. The average molecular weight is 315 g/mol. The summed E-state index contributed by atoms with van der Waals surface area (Å²) in [5.74, 6) is 2.22. The summed E-state index contributed by atoms with van der Waals surface area (Å²) < 4.78 is 38.8. The van der Waals surface area contributed by atoms with E-state index >= 15 is 0 Å². The van der Waals surface area contributed by atoms with Crippen LogP contribution in [0.4, 0.5) is 0 Å². The van der Waals surface area contributed by atoms with Crippen LogP contribution in [-0.2, 0) is 16.4 Å². The van der Waals surface area contributed by atoms with Gasteiger partial charge < -0.3 is 14.2 Å². The molecule has 1 aromatic carbocycles. The number of hydrogen-bond acceptors (Lipinski definition) is 6. The van der Waals surface area contributed by atoms with E-state index in [1.807, 2.05) is 12.1 Å². The first-order chi connectivity index (χ1) is 9.99. The van der Waals surface area contributed by atoms with Gasteiger partial charge in [-0.15, -0.1) is 0 Å². The Labute approximate surface area is 125 Å². The van der Waals surface area contributed by atoms with E-state index in [-0.39, 0.29) is 11.5 Å². The summed E-state index contributed by atoms with van der Waals surface area (Å²) in [6, 6.07) is 3.79. The van der Waals surface area contributed by atoms with Crippen molar-refractivity contribution in [2.45, 2.75) is 6.54 Å². The summed E-state index contributed by atoms with van der Waals surface area (Å²) in [6.07, 6.45) is 0. The van der Waals surface area contributed by atoms with Gasteiger partial charge in [0, 0.05) is 19.6 Å². The normalized spacial score (nSPS) is 18.2. The molecule has 118 valence electrons. The molecule has 0 radical (unpaired) electrons. The molecular weight excluding hydrogens is 294 g/mol. The first-order valence-electron chi connectivity index (χ1n) is 6.70. The first-order valence-corrected chi connectivity index (χ1v) is 8.53. The third-order valence-corrected chi connectivity index (χ3v) is 5.18. The Bertz CT molecular complexity index is 560. The summed E-state index contributed by atoms with van der Waals surface area (Å²) in [4.78, 5) is 2.11. The van der Waals surface area contributed by atoms with Gasteiger partial charge in [-0.05, 0) is 17.7 Å². The van der Waals surface area contributed by atoms with Crippen LogP contribution in [0.5, 0.6) is 17.2 Å². The highest BCUT2D eigenvalue weighted by molar-refractivity contribution is 7.91. The van der Waals surface area contributed by atoms with Crippen molar-refractivity contribution < 1.29 is 22.6 Å². The minimum Gasteiger partial charge on any atom is -0.493 e. The first kappa shape index (κ1) is 15.9. The lowest BCUT2D eigenvalue weighted by atomic mass is 10.1. The molecule has 21 heavy (non-hydrogen) atoms. The number of methoxy groups -OCH3 is 3. The van der Waals surface area contributed by atoms with Crippen LogP contribution in [0.25, 0.3) is 0 Å². The topological polar surface area (TPSA) is 65.1 Å². The number of benzene rings is 1. The second kappa shape index (κ2) is 6.53. The molecule has 2 rings (SSSR count). The maximum Gasteiger partial charge on any atom is 0.203 e. The highest BCUT2D eigenvalue weighted by Crippen LogP contribution is 2.38.